The van der Waals surface area contributed by atoms with Crippen LogP contribution in [0.1, 0.15) is 6.42 Å². The minimum absolute atomic E-state index is 0.0816. The van der Waals surface area contributed by atoms with Crippen molar-refractivity contribution in [2.45, 2.75) is 6.42 Å². The lowest BCUT2D eigenvalue weighted by Gasteiger charge is -2.15. The summed E-state index contributed by atoms with van der Waals surface area (Å²) < 4.78 is 0.653. The molecule has 0 aromatic carbocycles. The first-order chi connectivity index (χ1) is 7.58. The first-order valence-corrected chi connectivity index (χ1v) is 5.58. The minimum atomic E-state index is -0.427. The van der Waals surface area contributed by atoms with Gasteiger partial charge in [0.05, 0.1) is 5.92 Å². The van der Waals surface area contributed by atoms with Crippen LogP contribution in [-0.2, 0) is 9.59 Å². The van der Waals surface area contributed by atoms with Crippen LogP contribution in [0.4, 0.5) is 5.69 Å². The summed E-state index contributed by atoms with van der Waals surface area (Å²) >= 11 is 3.23. The third-order valence-electron chi connectivity index (χ3n) is 2.55. The number of hydrogen-bond donors (Lipinski definition) is 1. The molecule has 16 heavy (non-hydrogen) atoms. The molecule has 2 rings (SSSR count). The van der Waals surface area contributed by atoms with Crippen LogP contribution >= 0.6 is 15.9 Å². The number of aromatic nitrogens is 1. The average molecular weight is 284 g/mol. The Morgan fingerprint density at radius 1 is 1.62 bits per heavy atom. The lowest BCUT2D eigenvalue weighted by atomic mass is 10.1. The molecular formula is C10H10BrN3O2. The topological polar surface area (TPSA) is 76.3 Å². The molecular weight excluding hydrogens is 274 g/mol. The van der Waals surface area contributed by atoms with Gasteiger partial charge in [0.25, 0.3) is 0 Å². The zero-order valence-electron chi connectivity index (χ0n) is 8.39. The van der Waals surface area contributed by atoms with Crippen LogP contribution in [0.15, 0.2) is 22.9 Å². The van der Waals surface area contributed by atoms with Crippen LogP contribution in [0.2, 0.25) is 0 Å². The van der Waals surface area contributed by atoms with Crippen LogP contribution in [0, 0.1) is 5.92 Å². The van der Waals surface area contributed by atoms with E-state index in [4.69, 9.17) is 5.73 Å². The summed E-state index contributed by atoms with van der Waals surface area (Å²) in [5, 5.41) is 0. The van der Waals surface area contributed by atoms with Gasteiger partial charge in [-0.05, 0) is 28.1 Å². The van der Waals surface area contributed by atoms with Crippen LogP contribution in [0.3, 0.4) is 0 Å². The highest BCUT2D eigenvalue weighted by Crippen LogP contribution is 2.25. The maximum absolute atomic E-state index is 11.7. The molecule has 2 heterocycles. The van der Waals surface area contributed by atoms with E-state index in [0.717, 1.165) is 5.69 Å². The molecule has 1 aromatic rings. The Hall–Kier alpha value is -1.43. The monoisotopic (exact) mass is 283 g/mol. The summed E-state index contributed by atoms with van der Waals surface area (Å²) in [5.74, 6) is -0.898. The van der Waals surface area contributed by atoms with Gasteiger partial charge in [0, 0.05) is 24.8 Å². The van der Waals surface area contributed by atoms with Gasteiger partial charge >= 0.3 is 0 Å². The van der Waals surface area contributed by atoms with Crippen LogP contribution in [-0.4, -0.2) is 23.3 Å². The summed E-state index contributed by atoms with van der Waals surface area (Å²) in [6.45, 7) is 0.352. The van der Waals surface area contributed by atoms with E-state index >= 15 is 0 Å². The van der Waals surface area contributed by atoms with Crippen molar-refractivity contribution in [3.63, 3.8) is 0 Å². The molecule has 0 bridgehead atoms. The van der Waals surface area contributed by atoms with Crippen molar-refractivity contribution < 1.29 is 9.59 Å². The lowest BCUT2D eigenvalue weighted by molar-refractivity contribution is -0.123. The third-order valence-corrected chi connectivity index (χ3v) is 2.98. The highest BCUT2D eigenvalue weighted by molar-refractivity contribution is 9.10. The molecule has 5 nitrogen and oxygen atoms in total. The molecule has 1 saturated heterocycles. The molecule has 2 N–H and O–H groups in total. The summed E-state index contributed by atoms with van der Waals surface area (Å²) in [6, 6.07) is 3.47. The quantitative estimate of drug-likeness (QED) is 0.811. The zero-order valence-corrected chi connectivity index (χ0v) is 9.98. The molecule has 0 radical (unpaired) electrons. The molecule has 2 amide bonds. The van der Waals surface area contributed by atoms with E-state index in [2.05, 4.69) is 20.9 Å². The van der Waals surface area contributed by atoms with Crippen molar-refractivity contribution >= 4 is 33.4 Å². The number of halogens is 1. The lowest BCUT2D eigenvalue weighted by Crippen LogP contribution is -2.28. The Balaban J connectivity index is 2.23. The van der Waals surface area contributed by atoms with Crippen LogP contribution in [0.5, 0.6) is 0 Å². The van der Waals surface area contributed by atoms with E-state index in [1.54, 1.807) is 23.2 Å². The van der Waals surface area contributed by atoms with E-state index in [0.29, 0.717) is 11.1 Å². The molecule has 0 spiro atoms. The Kier molecular flexibility index (Phi) is 2.91. The Labute approximate surface area is 101 Å². The number of primary amides is 1. The van der Waals surface area contributed by atoms with Gasteiger partial charge in [0.15, 0.2) is 0 Å². The van der Waals surface area contributed by atoms with Gasteiger partial charge in [-0.3, -0.25) is 9.59 Å². The van der Waals surface area contributed by atoms with Gasteiger partial charge in [-0.25, -0.2) is 4.98 Å². The zero-order chi connectivity index (χ0) is 11.7. The molecule has 1 aromatic heterocycles. The van der Waals surface area contributed by atoms with Crippen molar-refractivity contribution in [1.29, 1.82) is 0 Å². The number of nitrogens with two attached hydrogens (primary N) is 1. The van der Waals surface area contributed by atoms with E-state index in [-0.39, 0.29) is 18.2 Å². The number of rotatable bonds is 2. The van der Waals surface area contributed by atoms with Crippen molar-refractivity contribution in [3.8, 4) is 0 Å². The highest BCUT2D eigenvalue weighted by Gasteiger charge is 2.33. The number of nitrogens with zero attached hydrogens (tertiary/aromatic N) is 2. The molecule has 84 valence electrons. The summed E-state index contributed by atoms with van der Waals surface area (Å²) in [4.78, 5) is 28.2. The molecule has 0 aliphatic carbocycles. The molecule has 6 heteroatoms. The van der Waals surface area contributed by atoms with Crippen molar-refractivity contribution in [1.82, 2.24) is 4.98 Å². The van der Waals surface area contributed by atoms with Crippen LogP contribution in [0.25, 0.3) is 0 Å². The number of amides is 2. The molecule has 1 unspecified atom stereocenters. The smallest absolute Gasteiger partial charge is 0.227 e. The van der Waals surface area contributed by atoms with Crippen molar-refractivity contribution in [2.75, 3.05) is 11.4 Å². The Bertz CT molecular complexity index is 449. The average Bonchev–Trinajstić information content (AvgIpc) is 2.60. The molecule has 1 atom stereocenters. The SMILES string of the molecule is NC(=O)C1CC(=O)N(c2ccnc(Br)c2)C1. The number of carbonyl (C=O) groups is 2. The Morgan fingerprint density at radius 2 is 2.38 bits per heavy atom. The van der Waals surface area contributed by atoms with Gasteiger partial charge in [-0.1, -0.05) is 0 Å². The number of anilines is 1. The van der Waals surface area contributed by atoms with Gasteiger partial charge in [0.2, 0.25) is 11.8 Å². The molecule has 1 aliphatic heterocycles. The van der Waals surface area contributed by atoms with Gasteiger partial charge in [0.1, 0.15) is 4.60 Å². The summed E-state index contributed by atoms with van der Waals surface area (Å²) in [5.41, 5.74) is 5.92. The molecule has 1 fully saturated rings. The second-order valence-electron chi connectivity index (χ2n) is 3.64. The fraction of sp³-hybridized carbons (Fsp3) is 0.300. The van der Waals surface area contributed by atoms with E-state index in [1.165, 1.54) is 0 Å². The minimum Gasteiger partial charge on any atom is -0.369 e. The Morgan fingerprint density at radius 3 is 2.94 bits per heavy atom. The van der Waals surface area contributed by atoms with Gasteiger partial charge in [-0.2, -0.15) is 0 Å². The summed E-state index contributed by atoms with van der Waals surface area (Å²) in [7, 11) is 0. The first-order valence-electron chi connectivity index (χ1n) is 4.79. The highest BCUT2D eigenvalue weighted by atomic mass is 79.9. The van der Waals surface area contributed by atoms with E-state index < -0.39 is 5.91 Å². The normalized spacial score (nSPS) is 20.2. The van der Waals surface area contributed by atoms with Crippen molar-refractivity contribution in [3.05, 3.63) is 22.9 Å². The van der Waals surface area contributed by atoms with Gasteiger partial charge < -0.3 is 10.6 Å². The maximum Gasteiger partial charge on any atom is 0.227 e. The third kappa shape index (κ3) is 2.06. The standard InChI is InChI=1S/C10H10BrN3O2/c11-8-4-7(1-2-13-8)14-5-6(10(12)16)3-9(14)15/h1-2,4,6H,3,5H2,(H2,12,16). The molecule has 0 saturated carbocycles. The predicted molar refractivity (Wildman–Crippen MR) is 61.6 cm³/mol. The number of pyridine rings is 1. The second kappa shape index (κ2) is 4.21. The maximum atomic E-state index is 11.7. The second-order valence-corrected chi connectivity index (χ2v) is 4.46. The first kappa shape index (κ1) is 11.1. The van der Waals surface area contributed by atoms with E-state index in [1.807, 2.05) is 0 Å². The molecule has 1 aliphatic rings. The number of carbonyl (C=O) groups excluding carboxylic acids is 2. The van der Waals surface area contributed by atoms with E-state index in [9.17, 15) is 9.59 Å². The van der Waals surface area contributed by atoms with Crippen LogP contribution < -0.4 is 10.6 Å². The fourth-order valence-electron chi connectivity index (χ4n) is 1.71. The number of hydrogen-bond acceptors (Lipinski definition) is 3. The summed E-state index contributed by atoms with van der Waals surface area (Å²) in [6.07, 6.45) is 1.79. The largest absolute Gasteiger partial charge is 0.369 e. The van der Waals surface area contributed by atoms with Crippen molar-refractivity contribution in [2.24, 2.45) is 11.7 Å². The van der Waals surface area contributed by atoms with Gasteiger partial charge in [-0.15, -0.1) is 0 Å². The predicted octanol–water partition coefficient (Wildman–Crippen LogP) is 0.682. The fourth-order valence-corrected chi connectivity index (χ4v) is 2.06.